The van der Waals surface area contributed by atoms with Crippen molar-refractivity contribution in [2.75, 3.05) is 26.8 Å². The van der Waals surface area contributed by atoms with Crippen LogP contribution in [-0.2, 0) is 4.74 Å². The Morgan fingerprint density at radius 1 is 1.53 bits per heavy atom. The van der Waals surface area contributed by atoms with E-state index in [9.17, 15) is 4.79 Å². The predicted molar refractivity (Wildman–Crippen MR) is 79.7 cm³/mol. The summed E-state index contributed by atoms with van der Waals surface area (Å²) in [5.41, 5.74) is 0.515. The van der Waals surface area contributed by atoms with Crippen LogP contribution in [0.1, 0.15) is 23.2 Å². The highest BCUT2D eigenvalue weighted by molar-refractivity contribution is 9.10. The van der Waals surface area contributed by atoms with Crippen molar-refractivity contribution in [2.45, 2.75) is 12.8 Å². The molecule has 0 bridgehead atoms. The van der Waals surface area contributed by atoms with Crippen LogP contribution >= 0.6 is 27.5 Å². The van der Waals surface area contributed by atoms with Gasteiger partial charge in [-0.15, -0.1) is 0 Å². The first kappa shape index (κ1) is 14.8. The molecule has 1 aromatic rings. The first-order valence-electron chi connectivity index (χ1n) is 6.36. The van der Waals surface area contributed by atoms with Crippen LogP contribution in [0.5, 0.6) is 0 Å². The quantitative estimate of drug-likeness (QED) is 0.737. The van der Waals surface area contributed by atoms with Gasteiger partial charge in [0, 0.05) is 24.7 Å². The van der Waals surface area contributed by atoms with Crippen molar-refractivity contribution >= 4 is 33.4 Å². The topological polar surface area (TPSA) is 29.5 Å². The summed E-state index contributed by atoms with van der Waals surface area (Å²) < 4.78 is 6.38. The van der Waals surface area contributed by atoms with Gasteiger partial charge in [0.1, 0.15) is 0 Å². The highest BCUT2D eigenvalue weighted by atomic mass is 79.9. The Balaban J connectivity index is 1.84. The summed E-state index contributed by atoms with van der Waals surface area (Å²) in [5, 5.41) is 0.471. The molecule has 0 aromatic heterocycles. The van der Waals surface area contributed by atoms with Crippen LogP contribution in [0.15, 0.2) is 22.7 Å². The zero-order valence-corrected chi connectivity index (χ0v) is 13.2. The third-order valence-corrected chi connectivity index (χ3v) is 3.95. The van der Waals surface area contributed by atoms with E-state index in [0.29, 0.717) is 23.7 Å². The molecule has 0 N–H and O–H groups in total. The molecule has 1 fully saturated rings. The Hall–Kier alpha value is -0.580. The molecule has 0 unspecified atom stereocenters. The van der Waals surface area contributed by atoms with Crippen molar-refractivity contribution < 1.29 is 9.53 Å². The number of hydrogen-bond acceptors (Lipinski definition) is 2. The van der Waals surface area contributed by atoms with Crippen LogP contribution in [0.4, 0.5) is 0 Å². The summed E-state index contributed by atoms with van der Waals surface area (Å²) in [4.78, 5) is 13.9. The number of amides is 1. The van der Waals surface area contributed by atoms with Crippen LogP contribution < -0.4 is 0 Å². The maximum absolute atomic E-state index is 12.2. The third kappa shape index (κ3) is 4.48. The van der Waals surface area contributed by atoms with Crippen molar-refractivity contribution in [2.24, 2.45) is 5.92 Å². The SMILES string of the molecule is CN(CCOCC1CC1)C(=O)c1cc(Br)ccc1Cl. The fourth-order valence-corrected chi connectivity index (χ4v) is 2.26. The zero-order valence-electron chi connectivity index (χ0n) is 10.9. The zero-order chi connectivity index (χ0) is 13.8. The van der Waals surface area contributed by atoms with Gasteiger partial charge in [0.25, 0.3) is 5.91 Å². The Morgan fingerprint density at radius 3 is 2.95 bits per heavy atom. The number of ether oxygens (including phenoxy) is 1. The van der Waals surface area contributed by atoms with Gasteiger partial charge < -0.3 is 9.64 Å². The van der Waals surface area contributed by atoms with Crippen molar-refractivity contribution in [3.63, 3.8) is 0 Å². The highest BCUT2D eigenvalue weighted by Gasteiger charge is 2.21. The molecule has 19 heavy (non-hydrogen) atoms. The Morgan fingerprint density at radius 2 is 2.26 bits per heavy atom. The molecule has 0 heterocycles. The van der Waals surface area contributed by atoms with Gasteiger partial charge in [-0.1, -0.05) is 27.5 Å². The monoisotopic (exact) mass is 345 g/mol. The van der Waals surface area contributed by atoms with Gasteiger partial charge in [0.15, 0.2) is 0 Å². The number of carbonyl (C=O) groups excluding carboxylic acids is 1. The van der Waals surface area contributed by atoms with Crippen LogP contribution in [0.3, 0.4) is 0 Å². The normalized spacial score (nSPS) is 14.5. The first-order valence-corrected chi connectivity index (χ1v) is 7.53. The molecule has 0 spiro atoms. The molecule has 1 aliphatic carbocycles. The van der Waals surface area contributed by atoms with Gasteiger partial charge in [-0.3, -0.25) is 4.79 Å². The van der Waals surface area contributed by atoms with Crippen LogP contribution in [0.2, 0.25) is 5.02 Å². The van der Waals surface area contributed by atoms with E-state index in [1.165, 1.54) is 12.8 Å². The Kier molecular flexibility index (Phi) is 5.25. The lowest BCUT2D eigenvalue weighted by Crippen LogP contribution is -2.30. The van der Waals surface area contributed by atoms with Crippen LogP contribution in [0, 0.1) is 5.92 Å². The summed E-state index contributed by atoms with van der Waals surface area (Å²) in [5.74, 6) is 0.668. The first-order chi connectivity index (χ1) is 9.08. The molecule has 2 rings (SSSR count). The van der Waals surface area contributed by atoms with E-state index in [2.05, 4.69) is 15.9 Å². The van der Waals surface area contributed by atoms with E-state index in [-0.39, 0.29) is 5.91 Å². The van der Waals surface area contributed by atoms with E-state index < -0.39 is 0 Å². The molecule has 3 nitrogen and oxygen atoms in total. The van der Waals surface area contributed by atoms with Crippen molar-refractivity contribution in [3.8, 4) is 0 Å². The van der Waals surface area contributed by atoms with E-state index in [0.717, 1.165) is 17.0 Å². The second kappa shape index (κ2) is 6.73. The van der Waals surface area contributed by atoms with Gasteiger partial charge in [0.2, 0.25) is 0 Å². The standard InChI is InChI=1S/C14H17BrClNO2/c1-17(6-7-19-9-10-2-3-10)14(18)12-8-11(15)4-5-13(12)16/h4-5,8,10H,2-3,6-7,9H2,1H3. The smallest absolute Gasteiger partial charge is 0.255 e. The number of rotatable bonds is 6. The largest absolute Gasteiger partial charge is 0.379 e. The lowest BCUT2D eigenvalue weighted by atomic mass is 10.2. The Labute approximate surface area is 127 Å². The lowest BCUT2D eigenvalue weighted by molar-refractivity contribution is 0.0681. The predicted octanol–water partition coefficient (Wildman–Crippen LogP) is 3.60. The minimum absolute atomic E-state index is 0.0821. The van der Waals surface area contributed by atoms with Crippen LogP contribution in [0.25, 0.3) is 0 Å². The average Bonchev–Trinajstić information content (AvgIpc) is 3.20. The highest BCUT2D eigenvalue weighted by Crippen LogP contribution is 2.28. The molecule has 104 valence electrons. The van der Waals surface area contributed by atoms with Crippen molar-refractivity contribution in [1.82, 2.24) is 4.90 Å². The third-order valence-electron chi connectivity index (χ3n) is 3.13. The molecule has 1 amide bonds. The minimum Gasteiger partial charge on any atom is -0.379 e. The summed E-state index contributed by atoms with van der Waals surface area (Å²) in [6.07, 6.45) is 2.56. The van der Waals surface area contributed by atoms with Gasteiger partial charge in [-0.05, 0) is 37.0 Å². The van der Waals surface area contributed by atoms with Gasteiger partial charge in [0.05, 0.1) is 17.2 Å². The van der Waals surface area contributed by atoms with E-state index in [4.69, 9.17) is 16.3 Å². The van der Waals surface area contributed by atoms with E-state index >= 15 is 0 Å². The van der Waals surface area contributed by atoms with Gasteiger partial charge in [-0.2, -0.15) is 0 Å². The fraction of sp³-hybridized carbons (Fsp3) is 0.500. The number of halogens is 2. The molecule has 0 atom stereocenters. The summed E-state index contributed by atoms with van der Waals surface area (Å²) in [6, 6.07) is 5.28. The molecule has 1 saturated carbocycles. The molecule has 0 saturated heterocycles. The van der Waals surface area contributed by atoms with Gasteiger partial charge in [-0.25, -0.2) is 0 Å². The van der Waals surface area contributed by atoms with E-state index in [1.54, 1.807) is 24.1 Å². The fourth-order valence-electron chi connectivity index (χ4n) is 1.70. The van der Waals surface area contributed by atoms with Crippen molar-refractivity contribution in [3.05, 3.63) is 33.3 Å². The summed E-state index contributed by atoms with van der Waals surface area (Å²) in [7, 11) is 1.76. The number of carbonyl (C=O) groups is 1. The molecule has 5 heteroatoms. The number of hydrogen-bond donors (Lipinski definition) is 0. The number of benzene rings is 1. The lowest BCUT2D eigenvalue weighted by Gasteiger charge is -2.18. The van der Waals surface area contributed by atoms with Gasteiger partial charge >= 0.3 is 0 Å². The molecular formula is C14H17BrClNO2. The number of likely N-dealkylation sites (N-methyl/N-ethyl adjacent to an activating group) is 1. The maximum Gasteiger partial charge on any atom is 0.255 e. The molecule has 1 aromatic carbocycles. The molecule has 0 radical (unpaired) electrons. The van der Waals surface area contributed by atoms with Crippen molar-refractivity contribution in [1.29, 1.82) is 0 Å². The minimum atomic E-state index is -0.0821. The van der Waals surface area contributed by atoms with Crippen LogP contribution in [-0.4, -0.2) is 37.6 Å². The number of nitrogens with zero attached hydrogens (tertiary/aromatic N) is 1. The molecule has 1 aliphatic rings. The second-order valence-corrected chi connectivity index (χ2v) is 6.19. The Bertz CT molecular complexity index is 463. The summed E-state index contributed by atoms with van der Waals surface area (Å²) in [6.45, 7) is 1.97. The average molecular weight is 347 g/mol. The summed E-state index contributed by atoms with van der Waals surface area (Å²) >= 11 is 9.39. The molecule has 0 aliphatic heterocycles. The maximum atomic E-state index is 12.2. The second-order valence-electron chi connectivity index (χ2n) is 4.87. The van der Waals surface area contributed by atoms with E-state index in [1.807, 2.05) is 6.07 Å². The molecular weight excluding hydrogens is 330 g/mol.